The van der Waals surface area contributed by atoms with Crippen LogP contribution in [-0.2, 0) is 11.5 Å². The standard InChI is InChI=1S/C20H27FN4OSi/c1-14-12-25(13-26-9-10-27(2,3)4)20-19(14)18(7-8-23-20)24-17-6-5-15(22)11-16(17)21/h5-8,11-12H,9-10,13,22H2,1-4H3,(H,23,24). The maximum atomic E-state index is 14.2. The lowest BCUT2D eigenvalue weighted by molar-refractivity contribution is 0.0898. The van der Waals surface area contributed by atoms with E-state index in [0.29, 0.717) is 18.1 Å². The molecular weight excluding hydrogens is 359 g/mol. The summed E-state index contributed by atoms with van der Waals surface area (Å²) in [5, 5.41) is 4.13. The molecule has 0 saturated carbocycles. The number of rotatable bonds is 7. The molecule has 1 aromatic carbocycles. The number of nitrogens with one attached hydrogen (secondary N) is 1. The van der Waals surface area contributed by atoms with Crippen LogP contribution in [0.25, 0.3) is 11.0 Å². The van der Waals surface area contributed by atoms with Gasteiger partial charge in [-0.05, 0) is 42.8 Å². The van der Waals surface area contributed by atoms with Crippen molar-refractivity contribution >= 4 is 36.2 Å². The predicted octanol–water partition coefficient (Wildman–Crippen LogP) is 5.12. The summed E-state index contributed by atoms with van der Waals surface area (Å²) in [6, 6.07) is 7.60. The molecule has 27 heavy (non-hydrogen) atoms. The second kappa shape index (κ2) is 7.70. The molecule has 0 aliphatic rings. The number of halogens is 1. The predicted molar refractivity (Wildman–Crippen MR) is 113 cm³/mol. The summed E-state index contributed by atoms with van der Waals surface area (Å²) < 4.78 is 22.0. The lowest BCUT2D eigenvalue weighted by Gasteiger charge is -2.15. The van der Waals surface area contributed by atoms with Crippen LogP contribution >= 0.6 is 0 Å². The zero-order valence-corrected chi connectivity index (χ0v) is 17.3. The van der Waals surface area contributed by atoms with Gasteiger partial charge in [0.2, 0.25) is 0 Å². The van der Waals surface area contributed by atoms with Crippen LogP contribution in [0.3, 0.4) is 0 Å². The first kappa shape index (κ1) is 19.4. The summed E-state index contributed by atoms with van der Waals surface area (Å²) in [6.45, 7) is 10.2. The van der Waals surface area contributed by atoms with Crippen LogP contribution in [0.1, 0.15) is 5.56 Å². The number of nitrogens with two attached hydrogens (primary N) is 1. The smallest absolute Gasteiger partial charge is 0.148 e. The summed E-state index contributed by atoms with van der Waals surface area (Å²) in [5.41, 5.74) is 9.10. The largest absolute Gasteiger partial charge is 0.399 e. The van der Waals surface area contributed by atoms with Crippen molar-refractivity contribution in [1.29, 1.82) is 0 Å². The van der Waals surface area contributed by atoms with E-state index in [9.17, 15) is 4.39 Å². The Kier molecular flexibility index (Phi) is 5.52. The zero-order chi connectivity index (χ0) is 19.6. The third-order valence-corrected chi connectivity index (χ3v) is 6.14. The Balaban J connectivity index is 1.83. The second-order valence-electron chi connectivity index (χ2n) is 8.05. The molecule has 3 aromatic rings. The molecule has 0 aliphatic carbocycles. The lowest BCUT2D eigenvalue weighted by Crippen LogP contribution is -2.22. The van der Waals surface area contributed by atoms with E-state index in [1.54, 1.807) is 18.3 Å². The van der Waals surface area contributed by atoms with Crippen molar-refractivity contribution in [2.75, 3.05) is 17.7 Å². The first-order valence-electron chi connectivity index (χ1n) is 9.09. The molecule has 0 radical (unpaired) electrons. The molecule has 7 heteroatoms. The molecule has 2 heterocycles. The molecular formula is C20H27FN4OSi. The van der Waals surface area contributed by atoms with Gasteiger partial charge < -0.3 is 20.4 Å². The number of nitrogen functional groups attached to an aromatic ring is 1. The molecule has 0 unspecified atom stereocenters. The highest BCUT2D eigenvalue weighted by Gasteiger charge is 2.14. The Bertz CT molecular complexity index is 949. The van der Waals surface area contributed by atoms with E-state index in [4.69, 9.17) is 10.5 Å². The molecule has 3 rings (SSSR count). The zero-order valence-electron chi connectivity index (χ0n) is 16.3. The van der Waals surface area contributed by atoms with E-state index in [1.807, 2.05) is 23.8 Å². The van der Waals surface area contributed by atoms with Gasteiger partial charge >= 0.3 is 0 Å². The van der Waals surface area contributed by atoms with Crippen molar-refractivity contribution in [1.82, 2.24) is 9.55 Å². The van der Waals surface area contributed by atoms with E-state index in [-0.39, 0.29) is 5.82 Å². The van der Waals surface area contributed by atoms with Crippen LogP contribution in [0.2, 0.25) is 25.7 Å². The third kappa shape index (κ3) is 4.67. The molecule has 0 bridgehead atoms. The van der Waals surface area contributed by atoms with Gasteiger partial charge in [-0.3, -0.25) is 0 Å². The Labute approximate surface area is 160 Å². The lowest BCUT2D eigenvalue weighted by atomic mass is 10.2. The molecule has 3 N–H and O–H groups in total. The maximum Gasteiger partial charge on any atom is 0.148 e. The number of aromatic nitrogens is 2. The van der Waals surface area contributed by atoms with Gasteiger partial charge in [-0.2, -0.15) is 0 Å². The van der Waals surface area contributed by atoms with Crippen LogP contribution in [0, 0.1) is 12.7 Å². The molecule has 144 valence electrons. The van der Waals surface area contributed by atoms with Gasteiger partial charge in [0.1, 0.15) is 18.2 Å². The molecule has 0 amide bonds. The molecule has 0 spiro atoms. The highest BCUT2D eigenvalue weighted by Crippen LogP contribution is 2.30. The van der Waals surface area contributed by atoms with E-state index in [1.165, 1.54) is 6.07 Å². The van der Waals surface area contributed by atoms with Crippen molar-refractivity contribution in [3.05, 3.63) is 48.0 Å². The monoisotopic (exact) mass is 386 g/mol. The number of anilines is 3. The van der Waals surface area contributed by atoms with E-state index >= 15 is 0 Å². The molecule has 2 aromatic heterocycles. The molecule has 5 nitrogen and oxygen atoms in total. The summed E-state index contributed by atoms with van der Waals surface area (Å²) in [4.78, 5) is 4.51. The summed E-state index contributed by atoms with van der Waals surface area (Å²) in [5.74, 6) is -0.383. The minimum absolute atomic E-state index is 0.383. The van der Waals surface area contributed by atoms with Gasteiger partial charge in [0.25, 0.3) is 0 Å². The van der Waals surface area contributed by atoms with Gasteiger partial charge in [-0.15, -0.1) is 0 Å². The maximum absolute atomic E-state index is 14.2. The highest BCUT2D eigenvalue weighted by molar-refractivity contribution is 6.76. The van der Waals surface area contributed by atoms with Gasteiger partial charge in [0.15, 0.2) is 0 Å². The molecule has 0 aliphatic heterocycles. The van der Waals surface area contributed by atoms with Crippen LogP contribution in [0.4, 0.5) is 21.5 Å². The van der Waals surface area contributed by atoms with Crippen molar-refractivity contribution in [3.8, 4) is 0 Å². The van der Waals surface area contributed by atoms with Crippen molar-refractivity contribution < 1.29 is 9.13 Å². The Hall–Kier alpha value is -2.38. The molecule has 0 atom stereocenters. The second-order valence-corrected chi connectivity index (χ2v) is 13.7. The van der Waals surface area contributed by atoms with Gasteiger partial charge in [-0.25, -0.2) is 9.37 Å². The Morgan fingerprint density at radius 1 is 1.22 bits per heavy atom. The number of nitrogens with zero attached hydrogens (tertiary/aromatic N) is 2. The topological polar surface area (TPSA) is 65.1 Å². The molecule has 0 saturated heterocycles. The van der Waals surface area contributed by atoms with E-state index in [2.05, 4.69) is 29.9 Å². The number of fused-ring (bicyclic) bond motifs is 1. The number of ether oxygens (including phenoxy) is 1. The van der Waals surface area contributed by atoms with Crippen LogP contribution < -0.4 is 11.1 Å². The van der Waals surface area contributed by atoms with E-state index < -0.39 is 8.07 Å². The van der Waals surface area contributed by atoms with Crippen LogP contribution in [0.15, 0.2) is 36.7 Å². The number of hydrogen-bond donors (Lipinski definition) is 2. The van der Waals surface area contributed by atoms with Gasteiger partial charge in [0, 0.05) is 38.1 Å². The van der Waals surface area contributed by atoms with Gasteiger partial charge in [-0.1, -0.05) is 19.6 Å². The van der Waals surface area contributed by atoms with Crippen LogP contribution in [0.5, 0.6) is 0 Å². The van der Waals surface area contributed by atoms with Gasteiger partial charge in [0.05, 0.1) is 11.4 Å². The first-order chi connectivity index (χ1) is 12.7. The fraction of sp³-hybridized carbons (Fsp3) is 0.350. The first-order valence-corrected chi connectivity index (χ1v) is 12.8. The van der Waals surface area contributed by atoms with Crippen LogP contribution in [-0.4, -0.2) is 24.2 Å². The minimum Gasteiger partial charge on any atom is -0.399 e. The van der Waals surface area contributed by atoms with E-state index in [0.717, 1.165) is 34.9 Å². The summed E-state index contributed by atoms with van der Waals surface area (Å²) in [7, 11) is -1.11. The quantitative estimate of drug-likeness (QED) is 0.336. The van der Waals surface area contributed by atoms with Crippen molar-refractivity contribution in [3.63, 3.8) is 0 Å². The average molecular weight is 387 g/mol. The molecule has 0 fully saturated rings. The fourth-order valence-corrected chi connectivity index (χ4v) is 3.70. The van der Waals surface area contributed by atoms with Crippen molar-refractivity contribution in [2.45, 2.75) is 39.3 Å². The Morgan fingerprint density at radius 2 is 2.00 bits per heavy atom. The number of benzene rings is 1. The average Bonchev–Trinajstić information content (AvgIpc) is 2.90. The SMILES string of the molecule is Cc1cn(COCC[Si](C)(C)C)c2nccc(Nc3ccc(N)cc3F)c12. The minimum atomic E-state index is -1.11. The number of hydrogen-bond acceptors (Lipinski definition) is 4. The normalized spacial score (nSPS) is 11.9. The number of pyridine rings is 1. The highest BCUT2D eigenvalue weighted by atomic mass is 28.3. The summed E-state index contributed by atoms with van der Waals surface area (Å²) >= 11 is 0. The Morgan fingerprint density at radius 3 is 2.70 bits per heavy atom. The fourth-order valence-electron chi connectivity index (χ4n) is 2.94. The third-order valence-electron chi connectivity index (χ3n) is 4.44. The van der Waals surface area contributed by atoms with Crippen molar-refractivity contribution in [2.24, 2.45) is 0 Å². The number of aryl methyl sites for hydroxylation is 1. The summed E-state index contributed by atoms with van der Waals surface area (Å²) in [6.07, 6.45) is 3.74.